The number of ether oxygens (including phenoxy) is 3. The van der Waals surface area contributed by atoms with Crippen molar-refractivity contribution in [3.8, 4) is 17.4 Å². The second-order valence-corrected chi connectivity index (χ2v) is 8.25. The number of methoxy groups -OCH3 is 1. The second kappa shape index (κ2) is 10.9. The van der Waals surface area contributed by atoms with Crippen LogP contribution in [0.5, 0.6) is 17.4 Å². The van der Waals surface area contributed by atoms with E-state index < -0.39 is 5.91 Å². The number of aromatic hydroxyl groups is 1. The fraction of sp³-hybridized carbons (Fsp3) is 0.375. The lowest BCUT2D eigenvalue weighted by Crippen LogP contribution is -2.37. The monoisotopic (exact) mass is 486 g/mol. The Morgan fingerprint density at radius 1 is 1.21 bits per heavy atom. The third kappa shape index (κ3) is 5.16. The number of nitrogens with zero attached hydrogens (tertiary/aromatic N) is 4. The number of morpholine rings is 1. The Morgan fingerprint density at radius 3 is 2.74 bits per heavy atom. The Morgan fingerprint density at radius 2 is 2.00 bits per heavy atom. The van der Waals surface area contributed by atoms with Crippen LogP contribution >= 0.6 is 11.6 Å². The maximum absolute atomic E-state index is 12.4. The Balaban J connectivity index is 1.58. The zero-order valence-corrected chi connectivity index (χ0v) is 19.9. The number of halogens is 1. The molecule has 1 aliphatic heterocycles. The van der Waals surface area contributed by atoms with Gasteiger partial charge in [0.05, 0.1) is 37.9 Å². The van der Waals surface area contributed by atoms with Crippen LogP contribution in [0, 0.1) is 0 Å². The Labute approximate surface area is 202 Å². The number of carbonyl (C=O) groups is 1. The lowest BCUT2D eigenvalue weighted by atomic mass is 10.1. The smallest absolute Gasteiger partial charge is 0.302 e. The number of fused-ring (bicyclic) bond motifs is 1. The van der Waals surface area contributed by atoms with Crippen LogP contribution in [0.1, 0.15) is 12.5 Å². The second-order valence-electron chi connectivity index (χ2n) is 7.81. The van der Waals surface area contributed by atoms with E-state index in [2.05, 4.69) is 15.1 Å². The molecular formula is C24H27ClN4O5. The van der Waals surface area contributed by atoms with Gasteiger partial charge in [0.2, 0.25) is 5.88 Å². The third-order valence-electron chi connectivity index (χ3n) is 5.68. The number of benzene rings is 2. The largest absolute Gasteiger partial charge is 0.496 e. The van der Waals surface area contributed by atoms with E-state index in [4.69, 9.17) is 25.8 Å². The minimum absolute atomic E-state index is 0.0885. The molecule has 1 fully saturated rings. The number of carbonyl (C=O) groups excluding carboxylic acids is 1. The predicted octanol–water partition coefficient (Wildman–Crippen LogP) is 4.55. The maximum Gasteiger partial charge on any atom is 0.302 e. The molecule has 1 aliphatic rings. The van der Waals surface area contributed by atoms with Gasteiger partial charge in [0.15, 0.2) is 12.3 Å². The van der Waals surface area contributed by atoms with Crippen LogP contribution in [0.25, 0.3) is 10.9 Å². The number of aryl methyl sites for hydroxylation is 1. The summed E-state index contributed by atoms with van der Waals surface area (Å²) in [6.07, 6.45) is 0.710. The Kier molecular flexibility index (Phi) is 7.66. The highest BCUT2D eigenvalue weighted by Crippen LogP contribution is 2.43. The van der Waals surface area contributed by atoms with Crippen molar-refractivity contribution in [3.05, 3.63) is 47.0 Å². The van der Waals surface area contributed by atoms with Crippen LogP contribution in [-0.4, -0.2) is 60.5 Å². The third-order valence-corrected chi connectivity index (χ3v) is 5.92. The summed E-state index contributed by atoms with van der Waals surface area (Å²) < 4.78 is 18.3. The van der Waals surface area contributed by atoms with Crippen molar-refractivity contribution in [2.24, 2.45) is 10.2 Å². The molecular weight excluding hydrogens is 460 g/mol. The van der Waals surface area contributed by atoms with Crippen LogP contribution in [0.3, 0.4) is 0 Å². The number of hydrogen-bond acceptors (Lipinski definition) is 7. The lowest BCUT2D eigenvalue weighted by molar-refractivity contribution is -0.120. The van der Waals surface area contributed by atoms with E-state index in [0.29, 0.717) is 48.2 Å². The quantitative estimate of drug-likeness (QED) is 0.469. The van der Waals surface area contributed by atoms with Crippen LogP contribution < -0.4 is 9.47 Å². The fourth-order valence-electron chi connectivity index (χ4n) is 3.93. The van der Waals surface area contributed by atoms with E-state index in [9.17, 15) is 9.90 Å². The molecule has 0 spiro atoms. The highest BCUT2D eigenvalue weighted by molar-refractivity contribution is 6.30. The van der Waals surface area contributed by atoms with Gasteiger partial charge in [-0.1, -0.05) is 24.6 Å². The first-order chi connectivity index (χ1) is 16.5. The van der Waals surface area contributed by atoms with E-state index >= 15 is 0 Å². The van der Waals surface area contributed by atoms with Crippen LogP contribution in [0.2, 0.25) is 5.02 Å². The number of aromatic nitrogens is 1. The summed E-state index contributed by atoms with van der Waals surface area (Å²) in [6, 6.07) is 10.7. The molecule has 4 rings (SSSR count). The first kappa shape index (κ1) is 24.0. The topological polar surface area (TPSA) is 97.9 Å². The van der Waals surface area contributed by atoms with Crippen molar-refractivity contribution < 1.29 is 24.1 Å². The molecule has 180 valence electrons. The molecule has 1 saturated heterocycles. The van der Waals surface area contributed by atoms with Crippen molar-refractivity contribution in [1.82, 2.24) is 9.47 Å². The molecule has 34 heavy (non-hydrogen) atoms. The molecule has 0 aliphatic carbocycles. The Hall–Kier alpha value is -3.14. The molecule has 0 unspecified atom stereocenters. The SMILES string of the molecule is CCc1cc(Cl)ccc1OCC(=O)N=Nc1c(O)n(CN2CCOCC2)c2cccc(OC)c12. The van der Waals surface area contributed by atoms with Gasteiger partial charge in [0, 0.05) is 18.1 Å². The summed E-state index contributed by atoms with van der Waals surface area (Å²) in [4.78, 5) is 14.6. The molecule has 0 atom stereocenters. The lowest BCUT2D eigenvalue weighted by Gasteiger charge is -2.27. The normalized spacial score (nSPS) is 14.7. The number of azo groups is 1. The summed E-state index contributed by atoms with van der Waals surface area (Å²) >= 11 is 6.03. The zero-order valence-electron chi connectivity index (χ0n) is 19.2. The zero-order chi connectivity index (χ0) is 24.1. The Bertz CT molecular complexity index is 1200. The molecule has 2 aromatic carbocycles. The highest BCUT2D eigenvalue weighted by atomic mass is 35.5. The van der Waals surface area contributed by atoms with E-state index in [1.165, 1.54) is 0 Å². The van der Waals surface area contributed by atoms with Crippen molar-refractivity contribution in [2.75, 3.05) is 40.0 Å². The minimum Gasteiger partial charge on any atom is -0.496 e. The van der Waals surface area contributed by atoms with Gasteiger partial charge in [-0.25, -0.2) is 0 Å². The van der Waals surface area contributed by atoms with Crippen molar-refractivity contribution in [3.63, 3.8) is 0 Å². The van der Waals surface area contributed by atoms with Gasteiger partial charge in [-0.3, -0.25) is 14.3 Å². The van der Waals surface area contributed by atoms with Crippen molar-refractivity contribution in [1.29, 1.82) is 0 Å². The van der Waals surface area contributed by atoms with Gasteiger partial charge in [-0.05, 0) is 42.3 Å². The van der Waals surface area contributed by atoms with Gasteiger partial charge >= 0.3 is 5.91 Å². The van der Waals surface area contributed by atoms with E-state index in [0.717, 1.165) is 24.2 Å². The number of rotatable bonds is 8. The number of amides is 1. The highest BCUT2D eigenvalue weighted by Gasteiger charge is 2.22. The summed E-state index contributed by atoms with van der Waals surface area (Å²) in [5, 5.41) is 20.1. The van der Waals surface area contributed by atoms with Crippen LogP contribution in [0.15, 0.2) is 46.6 Å². The molecule has 10 heteroatoms. The van der Waals surface area contributed by atoms with Crippen molar-refractivity contribution in [2.45, 2.75) is 20.0 Å². The first-order valence-electron chi connectivity index (χ1n) is 11.1. The predicted molar refractivity (Wildman–Crippen MR) is 128 cm³/mol. The molecule has 9 nitrogen and oxygen atoms in total. The van der Waals surface area contributed by atoms with E-state index in [1.807, 2.05) is 19.1 Å². The minimum atomic E-state index is -0.583. The summed E-state index contributed by atoms with van der Waals surface area (Å²) in [6.45, 7) is 4.91. The van der Waals surface area contributed by atoms with Crippen LogP contribution in [0.4, 0.5) is 5.69 Å². The van der Waals surface area contributed by atoms with E-state index in [1.54, 1.807) is 35.9 Å². The maximum atomic E-state index is 12.4. The molecule has 1 N–H and O–H groups in total. The van der Waals surface area contributed by atoms with Gasteiger partial charge in [-0.15, -0.1) is 10.2 Å². The fourth-order valence-corrected chi connectivity index (χ4v) is 4.12. The van der Waals surface area contributed by atoms with Crippen molar-refractivity contribution >= 4 is 34.1 Å². The van der Waals surface area contributed by atoms with Gasteiger partial charge in [0.25, 0.3) is 0 Å². The molecule has 3 aromatic rings. The number of hydrogen-bond donors (Lipinski definition) is 1. The average Bonchev–Trinajstić information content (AvgIpc) is 3.13. The molecule has 0 radical (unpaired) electrons. The van der Waals surface area contributed by atoms with Gasteiger partial charge in [0.1, 0.15) is 11.5 Å². The van der Waals surface area contributed by atoms with Crippen LogP contribution in [-0.2, 0) is 22.6 Å². The summed E-state index contributed by atoms with van der Waals surface area (Å²) in [5.41, 5.74) is 1.80. The standard InChI is InChI=1S/C24H27ClN4O5/c1-3-16-13-17(25)7-8-19(16)34-14-21(30)26-27-23-22-18(5-4-6-20(22)32-2)29(24(23)31)15-28-9-11-33-12-10-28/h4-8,13,31H,3,9-12,14-15H2,1-2H3. The summed E-state index contributed by atoms with van der Waals surface area (Å²) in [7, 11) is 1.54. The molecule has 2 heterocycles. The first-order valence-corrected chi connectivity index (χ1v) is 11.4. The molecule has 0 bridgehead atoms. The van der Waals surface area contributed by atoms with E-state index in [-0.39, 0.29) is 18.2 Å². The molecule has 1 aromatic heterocycles. The molecule has 1 amide bonds. The van der Waals surface area contributed by atoms with Gasteiger partial charge in [-0.2, -0.15) is 0 Å². The van der Waals surface area contributed by atoms with Gasteiger partial charge < -0.3 is 19.3 Å². The molecule has 0 saturated carbocycles. The average molecular weight is 487 g/mol. The summed E-state index contributed by atoms with van der Waals surface area (Å²) in [5.74, 6) is 0.428.